The standard InChI is InChI=1S/C15H25N5O3.C2H5NO/c1-9(2)13(15(22)19-7-11(21)6-10(19)3)20(17)8-12(16)14-18-4-5-23-14;1-3-2-4/h4-5,8-11,13,21H,6-7,16-17H2,1-3H3;2H,1H3,(H,3,4)/b12-8-;. The van der Waals surface area contributed by atoms with E-state index < -0.39 is 12.1 Å². The Labute approximate surface area is 159 Å². The number of nitrogens with one attached hydrogen (secondary N) is 1. The fourth-order valence-electron chi connectivity index (χ4n) is 2.90. The van der Waals surface area contributed by atoms with E-state index in [2.05, 4.69) is 10.3 Å². The number of aliphatic hydroxyl groups is 1. The van der Waals surface area contributed by atoms with Gasteiger partial charge in [0.1, 0.15) is 18.0 Å². The van der Waals surface area contributed by atoms with Crippen molar-refractivity contribution >= 4 is 18.0 Å². The van der Waals surface area contributed by atoms with Crippen LogP contribution in [0.5, 0.6) is 0 Å². The number of nitrogens with two attached hydrogens (primary N) is 2. The molecule has 10 heteroatoms. The van der Waals surface area contributed by atoms with Gasteiger partial charge in [0, 0.05) is 25.8 Å². The van der Waals surface area contributed by atoms with Crippen molar-refractivity contribution in [3.05, 3.63) is 24.6 Å². The molecule has 0 spiro atoms. The molecule has 2 heterocycles. The fraction of sp³-hybridized carbons (Fsp3) is 0.588. The van der Waals surface area contributed by atoms with Crippen molar-refractivity contribution in [1.82, 2.24) is 20.2 Å². The molecule has 1 fully saturated rings. The van der Waals surface area contributed by atoms with Crippen LogP contribution in [0.15, 0.2) is 23.1 Å². The molecule has 6 N–H and O–H groups in total. The van der Waals surface area contributed by atoms with Crippen LogP contribution in [-0.2, 0) is 9.59 Å². The van der Waals surface area contributed by atoms with Crippen LogP contribution < -0.4 is 16.9 Å². The van der Waals surface area contributed by atoms with Gasteiger partial charge >= 0.3 is 0 Å². The molecule has 0 saturated carbocycles. The minimum absolute atomic E-state index is 0.0137. The topological polar surface area (TPSA) is 151 Å². The van der Waals surface area contributed by atoms with Crippen molar-refractivity contribution in [1.29, 1.82) is 0 Å². The summed E-state index contributed by atoms with van der Waals surface area (Å²) in [4.78, 5) is 27.5. The van der Waals surface area contributed by atoms with Gasteiger partial charge in [0.2, 0.25) is 18.2 Å². The second-order valence-corrected chi connectivity index (χ2v) is 6.69. The lowest BCUT2D eigenvalue weighted by Gasteiger charge is -2.33. The van der Waals surface area contributed by atoms with Gasteiger partial charge in [-0.25, -0.2) is 10.8 Å². The highest BCUT2D eigenvalue weighted by atomic mass is 16.3. The third-order valence-corrected chi connectivity index (χ3v) is 4.13. The number of oxazole rings is 1. The van der Waals surface area contributed by atoms with Crippen LogP contribution in [0.25, 0.3) is 5.70 Å². The molecule has 1 aromatic heterocycles. The Bertz CT molecular complexity index is 619. The summed E-state index contributed by atoms with van der Waals surface area (Å²) in [6, 6.07) is -0.600. The molecule has 0 bridgehead atoms. The Morgan fingerprint density at radius 1 is 1.56 bits per heavy atom. The Balaban J connectivity index is 0.000000828. The Morgan fingerprint density at radius 3 is 2.59 bits per heavy atom. The molecule has 1 aliphatic heterocycles. The van der Waals surface area contributed by atoms with Gasteiger partial charge < -0.3 is 30.5 Å². The molecule has 0 aromatic carbocycles. The van der Waals surface area contributed by atoms with Crippen LogP contribution in [0.2, 0.25) is 0 Å². The summed E-state index contributed by atoms with van der Waals surface area (Å²) in [5, 5.41) is 13.3. The lowest BCUT2D eigenvalue weighted by atomic mass is 10.0. The van der Waals surface area contributed by atoms with Crippen molar-refractivity contribution in [2.45, 2.75) is 45.4 Å². The SMILES string of the molecule is CC(C)C(C(=O)N1CC(O)CC1C)N(N)/C=C(\N)c1ncco1.CNC=O. The molecule has 0 aliphatic carbocycles. The normalized spacial score (nSPS) is 20.7. The van der Waals surface area contributed by atoms with E-state index in [1.54, 1.807) is 11.9 Å². The summed E-state index contributed by atoms with van der Waals surface area (Å²) in [5.74, 6) is 6.16. The number of carbonyl (C=O) groups excluding carboxylic acids is 2. The number of aromatic nitrogens is 1. The summed E-state index contributed by atoms with van der Waals surface area (Å²) in [7, 11) is 1.56. The molecule has 0 radical (unpaired) electrons. The zero-order chi connectivity index (χ0) is 20.6. The molecular weight excluding hydrogens is 352 g/mol. The number of β-amino-alcohol motifs (C(OH)–C–C–N with tert-alkyl or cyclic N) is 1. The van der Waals surface area contributed by atoms with Crippen LogP contribution in [0.3, 0.4) is 0 Å². The number of nitrogens with zero attached hydrogens (tertiary/aromatic N) is 3. The predicted octanol–water partition coefficient (Wildman–Crippen LogP) is -0.524. The first-order valence-electron chi connectivity index (χ1n) is 8.72. The van der Waals surface area contributed by atoms with Gasteiger partial charge in [-0.3, -0.25) is 9.59 Å². The van der Waals surface area contributed by atoms with E-state index in [-0.39, 0.29) is 29.5 Å². The molecule has 3 unspecified atom stereocenters. The highest BCUT2D eigenvalue weighted by Crippen LogP contribution is 2.22. The predicted molar refractivity (Wildman–Crippen MR) is 100 cm³/mol. The number of aliphatic hydroxyl groups excluding tert-OH is 1. The number of hydrogen-bond acceptors (Lipinski definition) is 8. The number of rotatable bonds is 6. The quantitative estimate of drug-likeness (QED) is 0.291. The maximum absolute atomic E-state index is 12.8. The van der Waals surface area contributed by atoms with E-state index in [4.69, 9.17) is 20.8 Å². The van der Waals surface area contributed by atoms with Gasteiger partial charge in [0.15, 0.2) is 0 Å². The highest BCUT2D eigenvalue weighted by Gasteiger charge is 2.37. The van der Waals surface area contributed by atoms with Gasteiger partial charge in [-0.15, -0.1) is 0 Å². The highest BCUT2D eigenvalue weighted by molar-refractivity contribution is 5.83. The monoisotopic (exact) mass is 382 g/mol. The van der Waals surface area contributed by atoms with Crippen LogP contribution in [0.4, 0.5) is 0 Å². The average molecular weight is 382 g/mol. The van der Waals surface area contributed by atoms with Crippen molar-refractivity contribution in [2.24, 2.45) is 17.5 Å². The molecule has 2 rings (SSSR count). The van der Waals surface area contributed by atoms with E-state index in [1.165, 1.54) is 23.7 Å². The molecule has 3 atom stereocenters. The second-order valence-electron chi connectivity index (χ2n) is 6.69. The van der Waals surface area contributed by atoms with Crippen LogP contribution >= 0.6 is 0 Å². The molecule has 1 aromatic rings. The summed E-state index contributed by atoms with van der Waals surface area (Å²) in [6.07, 6.45) is 5.06. The number of amides is 2. The molecule has 1 saturated heterocycles. The molecule has 2 amide bonds. The lowest BCUT2D eigenvalue weighted by Crippen LogP contribution is -2.53. The third kappa shape index (κ3) is 6.26. The fourth-order valence-corrected chi connectivity index (χ4v) is 2.90. The van der Waals surface area contributed by atoms with Gasteiger partial charge in [0.05, 0.1) is 12.3 Å². The molecule has 27 heavy (non-hydrogen) atoms. The van der Waals surface area contributed by atoms with Crippen molar-refractivity contribution < 1.29 is 19.1 Å². The minimum Gasteiger partial charge on any atom is -0.443 e. The van der Waals surface area contributed by atoms with Gasteiger partial charge in [0.25, 0.3) is 0 Å². The van der Waals surface area contributed by atoms with Gasteiger partial charge in [-0.1, -0.05) is 13.8 Å². The molecular formula is C17H30N6O4. The van der Waals surface area contributed by atoms with Crippen LogP contribution in [-0.4, -0.2) is 64.1 Å². The zero-order valence-electron chi connectivity index (χ0n) is 16.2. The van der Waals surface area contributed by atoms with Crippen molar-refractivity contribution in [3.8, 4) is 0 Å². The van der Waals surface area contributed by atoms with Gasteiger partial charge in [-0.2, -0.15) is 0 Å². The smallest absolute Gasteiger partial charge is 0.247 e. The molecule has 10 nitrogen and oxygen atoms in total. The lowest BCUT2D eigenvalue weighted by molar-refractivity contribution is -0.138. The van der Waals surface area contributed by atoms with E-state index >= 15 is 0 Å². The van der Waals surface area contributed by atoms with E-state index in [0.29, 0.717) is 19.4 Å². The van der Waals surface area contributed by atoms with Crippen molar-refractivity contribution in [3.63, 3.8) is 0 Å². The Morgan fingerprint density at radius 2 is 2.19 bits per heavy atom. The maximum Gasteiger partial charge on any atom is 0.247 e. The third-order valence-electron chi connectivity index (χ3n) is 4.13. The van der Waals surface area contributed by atoms with Gasteiger partial charge in [-0.05, 0) is 19.3 Å². The first-order valence-corrected chi connectivity index (χ1v) is 8.72. The number of hydrogen-bond donors (Lipinski definition) is 4. The van der Waals surface area contributed by atoms with E-state index in [0.717, 1.165) is 0 Å². The second kappa shape index (κ2) is 10.5. The van der Waals surface area contributed by atoms with Crippen LogP contribution in [0, 0.1) is 5.92 Å². The minimum atomic E-state index is -0.587. The number of carbonyl (C=O) groups is 2. The average Bonchev–Trinajstić information content (AvgIpc) is 3.24. The Hall–Kier alpha value is -2.59. The van der Waals surface area contributed by atoms with Crippen LogP contribution in [0.1, 0.15) is 33.1 Å². The molecule has 152 valence electrons. The number of likely N-dealkylation sites (tertiary alicyclic amines) is 1. The Kier molecular flexibility index (Phi) is 8.76. The summed E-state index contributed by atoms with van der Waals surface area (Å²) >= 11 is 0. The first-order chi connectivity index (χ1) is 12.7. The van der Waals surface area contributed by atoms with Crippen molar-refractivity contribution in [2.75, 3.05) is 13.6 Å². The summed E-state index contributed by atoms with van der Waals surface area (Å²) in [5.41, 5.74) is 6.14. The summed E-state index contributed by atoms with van der Waals surface area (Å²) in [6.45, 7) is 6.07. The maximum atomic E-state index is 12.8. The van der Waals surface area contributed by atoms with E-state index in [1.807, 2.05) is 20.8 Å². The number of hydrazine groups is 1. The summed E-state index contributed by atoms with van der Waals surface area (Å²) < 4.78 is 5.11. The first kappa shape index (κ1) is 22.5. The van der Waals surface area contributed by atoms with E-state index in [9.17, 15) is 9.90 Å². The molecule has 1 aliphatic rings. The zero-order valence-corrected chi connectivity index (χ0v) is 16.2. The largest absolute Gasteiger partial charge is 0.443 e.